The van der Waals surface area contributed by atoms with Crippen LogP contribution in [0, 0.1) is 5.92 Å². The van der Waals surface area contributed by atoms with Gasteiger partial charge in [-0.05, 0) is 71.7 Å². The monoisotopic (exact) mass is 355 g/mol. The van der Waals surface area contributed by atoms with Crippen LogP contribution in [-0.2, 0) is 6.42 Å². The first-order valence-electron chi connectivity index (χ1n) is 7.72. The summed E-state index contributed by atoms with van der Waals surface area (Å²) in [6.45, 7) is 6.71. The number of ether oxygens (including phenoxy) is 2. The quantitative estimate of drug-likeness (QED) is 0.861. The minimum absolute atomic E-state index is 0.415. The molecule has 0 saturated carbocycles. The maximum absolute atomic E-state index is 5.67. The fourth-order valence-electron chi connectivity index (χ4n) is 3.26. The predicted octanol–water partition coefficient (Wildman–Crippen LogP) is 4.13. The van der Waals surface area contributed by atoms with E-state index in [4.69, 9.17) is 9.47 Å². The molecule has 2 rings (SSSR count). The van der Waals surface area contributed by atoms with Crippen LogP contribution in [0.3, 0.4) is 0 Å². The van der Waals surface area contributed by atoms with E-state index >= 15 is 0 Å². The largest absolute Gasteiger partial charge is 0.493 e. The van der Waals surface area contributed by atoms with Crippen molar-refractivity contribution >= 4 is 15.9 Å². The van der Waals surface area contributed by atoms with Gasteiger partial charge in [0.1, 0.15) is 0 Å². The van der Waals surface area contributed by atoms with E-state index in [-0.39, 0.29) is 0 Å². The first-order chi connectivity index (χ1) is 10.1. The van der Waals surface area contributed by atoms with Crippen molar-refractivity contribution in [3.05, 3.63) is 21.7 Å². The Morgan fingerprint density at radius 3 is 2.33 bits per heavy atom. The first-order valence-corrected chi connectivity index (χ1v) is 8.51. The van der Waals surface area contributed by atoms with Gasteiger partial charge >= 0.3 is 0 Å². The SMILES string of the molecule is COc1c(Br)cc(CC2CCNCC2)c(C(C)C)c1OC. The summed E-state index contributed by atoms with van der Waals surface area (Å²) in [5.74, 6) is 2.86. The van der Waals surface area contributed by atoms with Crippen LogP contribution < -0.4 is 14.8 Å². The molecular formula is C17H26BrNO2. The Balaban J connectivity index is 2.40. The molecule has 118 valence electrons. The molecule has 1 aliphatic rings. The molecule has 0 spiro atoms. The van der Waals surface area contributed by atoms with Gasteiger partial charge in [0.05, 0.1) is 18.7 Å². The van der Waals surface area contributed by atoms with Crippen LogP contribution in [0.1, 0.15) is 43.7 Å². The van der Waals surface area contributed by atoms with Crippen molar-refractivity contribution in [3.63, 3.8) is 0 Å². The second kappa shape index (κ2) is 7.50. The molecule has 0 amide bonds. The normalized spacial score (nSPS) is 16.3. The molecule has 1 aromatic rings. The average molecular weight is 356 g/mol. The molecule has 21 heavy (non-hydrogen) atoms. The molecule has 0 atom stereocenters. The maximum Gasteiger partial charge on any atom is 0.175 e. The third kappa shape index (κ3) is 3.72. The smallest absolute Gasteiger partial charge is 0.175 e. The van der Waals surface area contributed by atoms with Crippen molar-refractivity contribution < 1.29 is 9.47 Å². The molecule has 1 heterocycles. The number of methoxy groups -OCH3 is 2. The number of benzene rings is 1. The van der Waals surface area contributed by atoms with Crippen molar-refractivity contribution in [2.75, 3.05) is 27.3 Å². The molecule has 1 aliphatic heterocycles. The molecular weight excluding hydrogens is 330 g/mol. The van der Waals surface area contributed by atoms with Crippen molar-refractivity contribution in [2.24, 2.45) is 5.92 Å². The fourth-order valence-corrected chi connectivity index (χ4v) is 3.88. The Hall–Kier alpha value is -0.740. The van der Waals surface area contributed by atoms with Crippen LogP contribution >= 0.6 is 15.9 Å². The zero-order chi connectivity index (χ0) is 15.4. The number of piperidine rings is 1. The van der Waals surface area contributed by atoms with Gasteiger partial charge in [0.15, 0.2) is 11.5 Å². The van der Waals surface area contributed by atoms with Crippen molar-refractivity contribution in [1.29, 1.82) is 0 Å². The van der Waals surface area contributed by atoms with E-state index in [9.17, 15) is 0 Å². The minimum Gasteiger partial charge on any atom is -0.493 e. The van der Waals surface area contributed by atoms with E-state index in [1.807, 2.05) is 0 Å². The standard InChI is InChI=1S/C17H26BrNO2/c1-11(2)15-13(9-12-5-7-19-8-6-12)10-14(18)16(20-3)17(15)21-4/h10-12,19H,5-9H2,1-4H3. The summed E-state index contributed by atoms with van der Waals surface area (Å²) in [6, 6.07) is 2.22. The Morgan fingerprint density at radius 2 is 1.81 bits per heavy atom. The second-order valence-electron chi connectivity index (χ2n) is 6.05. The summed E-state index contributed by atoms with van der Waals surface area (Å²) in [5, 5.41) is 3.44. The summed E-state index contributed by atoms with van der Waals surface area (Å²) in [5.41, 5.74) is 2.68. The fraction of sp³-hybridized carbons (Fsp3) is 0.647. The van der Waals surface area contributed by atoms with E-state index in [0.717, 1.165) is 41.4 Å². The summed E-state index contributed by atoms with van der Waals surface area (Å²) in [4.78, 5) is 0. The van der Waals surface area contributed by atoms with E-state index in [1.165, 1.54) is 24.0 Å². The van der Waals surface area contributed by atoms with Crippen LogP contribution in [0.5, 0.6) is 11.5 Å². The summed E-state index contributed by atoms with van der Waals surface area (Å²) in [6.07, 6.45) is 3.63. The number of rotatable bonds is 5. The molecule has 3 nitrogen and oxygen atoms in total. The third-order valence-corrected chi connectivity index (χ3v) is 4.86. The second-order valence-corrected chi connectivity index (χ2v) is 6.90. The average Bonchev–Trinajstić information content (AvgIpc) is 2.47. The predicted molar refractivity (Wildman–Crippen MR) is 90.6 cm³/mol. The van der Waals surface area contributed by atoms with Gasteiger partial charge in [0.25, 0.3) is 0 Å². The molecule has 4 heteroatoms. The molecule has 0 aliphatic carbocycles. The van der Waals surface area contributed by atoms with E-state index < -0.39 is 0 Å². The first kappa shape index (κ1) is 16.6. The zero-order valence-corrected chi connectivity index (χ0v) is 15.0. The molecule has 1 saturated heterocycles. The molecule has 0 unspecified atom stereocenters. The highest BCUT2D eigenvalue weighted by Gasteiger charge is 2.23. The van der Waals surface area contributed by atoms with Gasteiger partial charge in [-0.1, -0.05) is 13.8 Å². The van der Waals surface area contributed by atoms with Gasteiger partial charge in [-0.3, -0.25) is 0 Å². The Kier molecular flexibility index (Phi) is 5.94. The van der Waals surface area contributed by atoms with Gasteiger partial charge in [-0.25, -0.2) is 0 Å². The summed E-state index contributed by atoms with van der Waals surface area (Å²) < 4.78 is 12.2. The molecule has 1 N–H and O–H groups in total. The molecule has 1 aromatic carbocycles. The Labute approximate surface area is 136 Å². The number of halogens is 1. The molecule has 1 fully saturated rings. The van der Waals surface area contributed by atoms with E-state index in [1.54, 1.807) is 14.2 Å². The zero-order valence-electron chi connectivity index (χ0n) is 13.5. The van der Waals surface area contributed by atoms with Gasteiger partial charge in [0.2, 0.25) is 0 Å². The minimum atomic E-state index is 0.415. The van der Waals surface area contributed by atoms with Crippen molar-refractivity contribution in [3.8, 4) is 11.5 Å². The van der Waals surface area contributed by atoms with E-state index in [2.05, 4.69) is 41.2 Å². The highest BCUT2D eigenvalue weighted by molar-refractivity contribution is 9.10. The van der Waals surface area contributed by atoms with Crippen molar-refractivity contribution in [2.45, 2.75) is 39.0 Å². The lowest BCUT2D eigenvalue weighted by Crippen LogP contribution is -2.29. The van der Waals surface area contributed by atoms with Crippen LogP contribution in [0.15, 0.2) is 10.5 Å². The van der Waals surface area contributed by atoms with E-state index in [0.29, 0.717) is 5.92 Å². The van der Waals surface area contributed by atoms with Gasteiger partial charge in [-0.15, -0.1) is 0 Å². The van der Waals surface area contributed by atoms with Crippen LogP contribution in [0.25, 0.3) is 0 Å². The molecule has 0 radical (unpaired) electrons. The number of hydrogen-bond donors (Lipinski definition) is 1. The lowest BCUT2D eigenvalue weighted by molar-refractivity contribution is 0.344. The summed E-state index contributed by atoms with van der Waals surface area (Å²) >= 11 is 3.63. The van der Waals surface area contributed by atoms with Gasteiger partial charge < -0.3 is 14.8 Å². The Morgan fingerprint density at radius 1 is 1.19 bits per heavy atom. The lowest BCUT2D eigenvalue weighted by Gasteiger charge is -2.26. The topological polar surface area (TPSA) is 30.5 Å². The lowest BCUT2D eigenvalue weighted by atomic mass is 9.86. The summed E-state index contributed by atoms with van der Waals surface area (Å²) in [7, 11) is 3.42. The van der Waals surface area contributed by atoms with Crippen LogP contribution in [-0.4, -0.2) is 27.3 Å². The maximum atomic E-state index is 5.67. The van der Waals surface area contributed by atoms with Crippen molar-refractivity contribution in [1.82, 2.24) is 5.32 Å². The van der Waals surface area contributed by atoms with Crippen LogP contribution in [0.2, 0.25) is 0 Å². The Bertz CT molecular complexity index is 482. The molecule has 0 aromatic heterocycles. The number of hydrogen-bond acceptors (Lipinski definition) is 3. The van der Waals surface area contributed by atoms with Gasteiger partial charge in [-0.2, -0.15) is 0 Å². The van der Waals surface area contributed by atoms with Gasteiger partial charge in [0, 0.05) is 5.56 Å². The highest BCUT2D eigenvalue weighted by atomic mass is 79.9. The third-order valence-electron chi connectivity index (χ3n) is 4.27. The highest BCUT2D eigenvalue weighted by Crippen LogP contribution is 2.44. The molecule has 0 bridgehead atoms. The number of nitrogens with one attached hydrogen (secondary N) is 1. The van der Waals surface area contributed by atoms with Crippen LogP contribution in [0.4, 0.5) is 0 Å².